The second-order valence-electron chi connectivity index (χ2n) is 6.74. The SMILES string of the molecule is CC(C)N(Cc1nc2ccccc2c(=O)[nH]1)C(=O)CCc1ccccc1Cl. The third kappa shape index (κ3) is 4.55. The van der Waals surface area contributed by atoms with E-state index in [1.54, 1.807) is 23.1 Å². The lowest BCUT2D eigenvalue weighted by Gasteiger charge is -2.26. The first-order valence-electron chi connectivity index (χ1n) is 8.96. The van der Waals surface area contributed by atoms with Gasteiger partial charge >= 0.3 is 0 Å². The molecule has 6 heteroatoms. The van der Waals surface area contributed by atoms with Crippen molar-refractivity contribution in [1.29, 1.82) is 0 Å². The maximum atomic E-state index is 12.8. The quantitative estimate of drug-likeness (QED) is 0.700. The highest BCUT2D eigenvalue weighted by atomic mass is 35.5. The van der Waals surface area contributed by atoms with Gasteiger partial charge in [0.05, 0.1) is 17.4 Å². The fraction of sp³-hybridized carbons (Fsp3) is 0.286. The van der Waals surface area contributed by atoms with E-state index in [2.05, 4.69) is 9.97 Å². The van der Waals surface area contributed by atoms with E-state index in [9.17, 15) is 9.59 Å². The van der Waals surface area contributed by atoms with Crippen molar-refractivity contribution < 1.29 is 4.79 Å². The Morgan fingerprint density at radius 2 is 1.85 bits per heavy atom. The van der Waals surface area contributed by atoms with Gasteiger partial charge in [-0.25, -0.2) is 4.98 Å². The van der Waals surface area contributed by atoms with Crippen LogP contribution in [0.1, 0.15) is 31.7 Å². The molecule has 0 spiro atoms. The van der Waals surface area contributed by atoms with Crippen molar-refractivity contribution in [2.75, 3.05) is 0 Å². The van der Waals surface area contributed by atoms with Crippen molar-refractivity contribution in [3.05, 3.63) is 75.3 Å². The Morgan fingerprint density at radius 3 is 2.59 bits per heavy atom. The average Bonchev–Trinajstić information content (AvgIpc) is 2.65. The number of carbonyl (C=O) groups is 1. The zero-order chi connectivity index (χ0) is 19.4. The summed E-state index contributed by atoms with van der Waals surface area (Å²) in [6.07, 6.45) is 0.920. The summed E-state index contributed by atoms with van der Waals surface area (Å²) in [6, 6.07) is 14.7. The first kappa shape index (κ1) is 19.1. The van der Waals surface area contributed by atoms with E-state index in [1.807, 2.05) is 44.2 Å². The third-order valence-corrected chi connectivity index (χ3v) is 4.86. The van der Waals surface area contributed by atoms with Crippen molar-refractivity contribution in [2.45, 2.75) is 39.3 Å². The van der Waals surface area contributed by atoms with E-state index in [0.29, 0.717) is 34.6 Å². The van der Waals surface area contributed by atoms with Crippen molar-refractivity contribution >= 4 is 28.4 Å². The molecule has 0 saturated carbocycles. The highest BCUT2D eigenvalue weighted by molar-refractivity contribution is 6.31. The number of rotatable bonds is 6. The van der Waals surface area contributed by atoms with Crippen molar-refractivity contribution in [2.24, 2.45) is 0 Å². The van der Waals surface area contributed by atoms with Crippen LogP contribution in [-0.2, 0) is 17.8 Å². The van der Waals surface area contributed by atoms with Crippen LogP contribution in [0.2, 0.25) is 5.02 Å². The van der Waals surface area contributed by atoms with E-state index in [0.717, 1.165) is 5.56 Å². The minimum Gasteiger partial charge on any atom is -0.333 e. The largest absolute Gasteiger partial charge is 0.333 e. The topological polar surface area (TPSA) is 66.1 Å². The van der Waals surface area contributed by atoms with E-state index in [4.69, 9.17) is 11.6 Å². The number of hydrogen-bond acceptors (Lipinski definition) is 3. The van der Waals surface area contributed by atoms with Gasteiger partial charge in [0.2, 0.25) is 5.91 Å². The molecule has 0 unspecified atom stereocenters. The number of para-hydroxylation sites is 1. The molecule has 0 aliphatic carbocycles. The molecule has 1 heterocycles. The van der Waals surface area contributed by atoms with Gasteiger partial charge < -0.3 is 9.88 Å². The minimum atomic E-state index is -0.192. The van der Waals surface area contributed by atoms with E-state index in [1.165, 1.54) is 0 Å². The van der Waals surface area contributed by atoms with E-state index in [-0.39, 0.29) is 24.1 Å². The first-order chi connectivity index (χ1) is 13.0. The van der Waals surface area contributed by atoms with Gasteiger partial charge in [-0.2, -0.15) is 0 Å². The van der Waals surface area contributed by atoms with Crippen LogP contribution in [0.25, 0.3) is 10.9 Å². The standard InChI is InChI=1S/C21H22ClN3O2/c1-14(2)25(20(26)12-11-15-7-3-5-9-17(15)22)13-19-23-18-10-6-4-8-16(18)21(27)24-19/h3-10,14H,11-13H2,1-2H3,(H,23,24,27). The van der Waals surface area contributed by atoms with Crippen LogP contribution in [0.15, 0.2) is 53.3 Å². The Kier molecular flexibility index (Phi) is 5.91. The Labute approximate surface area is 163 Å². The van der Waals surface area contributed by atoms with Crippen molar-refractivity contribution in [3.8, 4) is 0 Å². The number of aromatic nitrogens is 2. The van der Waals surface area contributed by atoms with Gasteiger partial charge in [0.1, 0.15) is 5.82 Å². The molecule has 0 bridgehead atoms. The number of carbonyl (C=O) groups excluding carboxylic acids is 1. The summed E-state index contributed by atoms with van der Waals surface area (Å²) in [5, 5.41) is 1.21. The normalized spacial score (nSPS) is 11.1. The number of halogens is 1. The number of aryl methyl sites for hydroxylation is 1. The lowest BCUT2D eigenvalue weighted by Crippen LogP contribution is -2.37. The summed E-state index contributed by atoms with van der Waals surface area (Å²) < 4.78 is 0. The van der Waals surface area contributed by atoms with E-state index >= 15 is 0 Å². The molecular weight excluding hydrogens is 362 g/mol. The summed E-state index contributed by atoms with van der Waals surface area (Å²) in [6.45, 7) is 4.16. The summed E-state index contributed by atoms with van der Waals surface area (Å²) in [4.78, 5) is 34.1. The Hall–Kier alpha value is -2.66. The molecule has 3 rings (SSSR count). The lowest BCUT2D eigenvalue weighted by atomic mass is 10.1. The van der Waals surface area contributed by atoms with Crippen LogP contribution in [0.4, 0.5) is 0 Å². The Bertz CT molecular complexity index is 1010. The van der Waals surface area contributed by atoms with E-state index < -0.39 is 0 Å². The van der Waals surface area contributed by atoms with Crippen LogP contribution in [0.3, 0.4) is 0 Å². The number of fused-ring (bicyclic) bond motifs is 1. The lowest BCUT2D eigenvalue weighted by molar-refractivity contribution is -0.133. The number of amides is 1. The van der Waals surface area contributed by atoms with Gasteiger partial charge in [-0.3, -0.25) is 9.59 Å². The minimum absolute atomic E-state index is 0.000673. The molecule has 1 amide bonds. The van der Waals surface area contributed by atoms with Gasteiger partial charge in [0, 0.05) is 17.5 Å². The van der Waals surface area contributed by atoms with Crippen LogP contribution in [-0.4, -0.2) is 26.8 Å². The zero-order valence-corrected chi connectivity index (χ0v) is 16.2. The second-order valence-corrected chi connectivity index (χ2v) is 7.14. The monoisotopic (exact) mass is 383 g/mol. The Balaban J connectivity index is 1.76. The maximum absolute atomic E-state index is 12.8. The second kappa shape index (κ2) is 8.35. The third-order valence-electron chi connectivity index (χ3n) is 4.49. The number of nitrogens with one attached hydrogen (secondary N) is 1. The molecule has 1 aromatic heterocycles. The predicted molar refractivity (Wildman–Crippen MR) is 108 cm³/mol. The van der Waals surface area contributed by atoms with Crippen LogP contribution < -0.4 is 5.56 Å². The van der Waals surface area contributed by atoms with Crippen molar-refractivity contribution in [1.82, 2.24) is 14.9 Å². The number of benzene rings is 2. The average molecular weight is 384 g/mol. The maximum Gasteiger partial charge on any atom is 0.258 e. The molecule has 2 aromatic carbocycles. The van der Waals surface area contributed by atoms with Crippen LogP contribution >= 0.6 is 11.6 Å². The fourth-order valence-electron chi connectivity index (χ4n) is 3.02. The highest BCUT2D eigenvalue weighted by Gasteiger charge is 2.19. The smallest absolute Gasteiger partial charge is 0.258 e. The predicted octanol–water partition coefficient (Wildman–Crippen LogP) is 3.95. The van der Waals surface area contributed by atoms with Gasteiger partial charge in [-0.1, -0.05) is 41.9 Å². The number of H-pyrrole nitrogens is 1. The van der Waals surface area contributed by atoms with Crippen LogP contribution in [0.5, 0.6) is 0 Å². The molecule has 0 aliphatic rings. The molecule has 3 aromatic rings. The molecular formula is C21H22ClN3O2. The molecule has 0 aliphatic heterocycles. The van der Waals surface area contributed by atoms with Gasteiger partial charge in [0.25, 0.3) is 5.56 Å². The van der Waals surface area contributed by atoms with Gasteiger partial charge in [-0.15, -0.1) is 0 Å². The number of aromatic amines is 1. The number of hydrogen-bond donors (Lipinski definition) is 1. The molecule has 5 nitrogen and oxygen atoms in total. The molecule has 140 valence electrons. The van der Waals surface area contributed by atoms with Gasteiger partial charge in [0.15, 0.2) is 0 Å². The summed E-state index contributed by atoms with van der Waals surface area (Å²) >= 11 is 6.18. The molecule has 0 fully saturated rings. The highest BCUT2D eigenvalue weighted by Crippen LogP contribution is 2.18. The summed E-state index contributed by atoms with van der Waals surface area (Å²) in [5.74, 6) is 0.485. The molecule has 27 heavy (non-hydrogen) atoms. The first-order valence-corrected chi connectivity index (χ1v) is 9.34. The molecule has 0 radical (unpaired) electrons. The van der Waals surface area contributed by atoms with Crippen LogP contribution in [0, 0.1) is 0 Å². The fourth-order valence-corrected chi connectivity index (χ4v) is 3.25. The summed E-state index contributed by atoms with van der Waals surface area (Å²) in [7, 11) is 0. The Morgan fingerprint density at radius 1 is 1.15 bits per heavy atom. The molecule has 0 atom stereocenters. The molecule has 1 N–H and O–H groups in total. The molecule has 0 saturated heterocycles. The zero-order valence-electron chi connectivity index (χ0n) is 15.4. The number of nitrogens with zero attached hydrogens (tertiary/aromatic N) is 2. The van der Waals surface area contributed by atoms with Gasteiger partial charge in [-0.05, 0) is 44.0 Å². The van der Waals surface area contributed by atoms with Crippen molar-refractivity contribution in [3.63, 3.8) is 0 Å². The summed E-state index contributed by atoms with van der Waals surface area (Å²) in [5.41, 5.74) is 1.39.